The van der Waals surface area contributed by atoms with E-state index in [0.717, 1.165) is 18.8 Å². The number of nitrogens with zero attached hydrogens (tertiary/aromatic N) is 1. The Bertz CT molecular complexity index is 420. The van der Waals surface area contributed by atoms with Crippen LogP contribution < -0.4 is 10.2 Å². The van der Waals surface area contributed by atoms with Crippen molar-refractivity contribution in [2.45, 2.75) is 11.8 Å². The first-order valence-corrected chi connectivity index (χ1v) is 7.48. The lowest BCUT2D eigenvalue weighted by Gasteiger charge is -2.34. The normalized spacial score (nSPS) is 16.2. The second kappa shape index (κ2) is 7.17. The summed E-state index contributed by atoms with van der Waals surface area (Å²) >= 11 is 1.71. The van der Waals surface area contributed by atoms with Gasteiger partial charge in [-0.05, 0) is 49.5 Å². The lowest BCUT2D eigenvalue weighted by molar-refractivity contribution is -0.123. The molecule has 5 heteroatoms. The molecule has 1 saturated heterocycles. The summed E-state index contributed by atoms with van der Waals surface area (Å²) in [5.74, 6) is 0.792. The maximum atomic E-state index is 12.3. The average molecular weight is 301 g/mol. The van der Waals surface area contributed by atoms with E-state index in [2.05, 4.69) is 23.7 Å². The van der Waals surface area contributed by atoms with E-state index < -0.39 is 0 Å². The molecule has 0 aliphatic carbocycles. The number of anilines is 1. The number of nitrogens with one attached hydrogen (secondary N) is 1. The van der Waals surface area contributed by atoms with Gasteiger partial charge in [-0.2, -0.15) is 0 Å². The van der Waals surface area contributed by atoms with Crippen molar-refractivity contribution in [2.24, 2.45) is 11.8 Å². The molecule has 0 spiro atoms. The van der Waals surface area contributed by atoms with Crippen LogP contribution in [0.2, 0.25) is 0 Å². The van der Waals surface area contributed by atoms with Crippen LogP contribution in [0.4, 0.5) is 5.69 Å². The smallest absolute Gasteiger partial charge is 0.229 e. The van der Waals surface area contributed by atoms with E-state index in [1.54, 1.807) is 16.7 Å². The molecule has 1 aliphatic rings. The van der Waals surface area contributed by atoms with Gasteiger partial charge in [-0.3, -0.25) is 4.79 Å². The number of halogens is 1. The minimum Gasteiger partial charge on any atom is -0.316 e. The first kappa shape index (κ1) is 16.3. The number of carbonyl (C=O) groups excluding carboxylic acids is 1. The van der Waals surface area contributed by atoms with Gasteiger partial charge in [0.1, 0.15) is 0 Å². The molecule has 1 unspecified atom stereocenters. The molecule has 106 valence electrons. The molecular weight excluding hydrogens is 280 g/mol. The van der Waals surface area contributed by atoms with Gasteiger partial charge in [0.15, 0.2) is 0 Å². The Kier molecular flexibility index (Phi) is 6.17. The van der Waals surface area contributed by atoms with Gasteiger partial charge in [0, 0.05) is 23.5 Å². The minimum atomic E-state index is 0. The fraction of sp³-hybridized carbons (Fsp3) is 0.500. The number of thioether (sulfide) groups is 1. The van der Waals surface area contributed by atoms with Crippen LogP contribution in [0.3, 0.4) is 0 Å². The molecule has 0 aromatic heterocycles. The number of amides is 1. The second-order valence-electron chi connectivity index (χ2n) is 4.80. The molecule has 1 aliphatic heterocycles. The lowest BCUT2D eigenvalue weighted by atomic mass is 9.88. The molecule has 2 rings (SSSR count). The van der Waals surface area contributed by atoms with E-state index in [1.807, 2.05) is 26.1 Å². The Morgan fingerprint density at radius 1 is 1.37 bits per heavy atom. The highest BCUT2D eigenvalue weighted by atomic mass is 35.5. The van der Waals surface area contributed by atoms with Gasteiger partial charge in [0.05, 0.1) is 0 Å². The minimum absolute atomic E-state index is 0. The lowest BCUT2D eigenvalue weighted by Crippen LogP contribution is -2.50. The maximum Gasteiger partial charge on any atom is 0.229 e. The van der Waals surface area contributed by atoms with Gasteiger partial charge < -0.3 is 10.2 Å². The first-order chi connectivity index (χ1) is 8.63. The molecule has 1 fully saturated rings. The summed E-state index contributed by atoms with van der Waals surface area (Å²) in [7, 11) is 1.86. The fourth-order valence-electron chi connectivity index (χ4n) is 2.10. The molecule has 1 amide bonds. The van der Waals surface area contributed by atoms with Crippen LogP contribution in [-0.2, 0) is 4.79 Å². The van der Waals surface area contributed by atoms with Gasteiger partial charge in [-0.25, -0.2) is 0 Å². The summed E-state index contributed by atoms with van der Waals surface area (Å²) in [6.07, 6.45) is 2.05. The Morgan fingerprint density at radius 3 is 2.37 bits per heavy atom. The fourth-order valence-corrected chi connectivity index (χ4v) is 2.51. The van der Waals surface area contributed by atoms with Crippen LogP contribution in [0, 0.1) is 11.8 Å². The van der Waals surface area contributed by atoms with Crippen molar-refractivity contribution in [3.05, 3.63) is 24.3 Å². The van der Waals surface area contributed by atoms with Crippen LogP contribution in [0.1, 0.15) is 6.92 Å². The van der Waals surface area contributed by atoms with Gasteiger partial charge in [0.2, 0.25) is 5.91 Å². The summed E-state index contributed by atoms with van der Waals surface area (Å²) in [6, 6.07) is 8.13. The van der Waals surface area contributed by atoms with Crippen LogP contribution in [-0.4, -0.2) is 32.3 Å². The highest BCUT2D eigenvalue weighted by Crippen LogP contribution is 2.23. The zero-order valence-corrected chi connectivity index (χ0v) is 13.2. The molecule has 1 atom stereocenters. The monoisotopic (exact) mass is 300 g/mol. The third kappa shape index (κ3) is 3.65. The third-order valence-electron chi connectivity index (χ3n) is 3.70. The molecule has 1 aromatic carbocycles. The van der Waals surface area contributed by atoms with E-state index in [9.17, 15) is 4.79 Å². The molecule has 1 N–H and O–H groups in total. The van der Waals surface area contributed by atoms with E-state index in [1.165, 1.54) is 4.90 Å². The quantitative estimate of drug-likeness (QED) is 0.868. The van der Waals surface area contributed by atoms with Gasteiger partial charge >= 0.3 is 0 Å². The van der Waals surface area contributed by atoms with Crippen molar-refractivity contribution in [2.75, 3.05) is 31.3 Å². The largest absolute Gasteiger partial charge is 0.316 e. The van der Waals surface area contributed by atoms with Crippen molar-refractivity contribution in [3.63, 3.8) is 0 Å². The average Bonchev–Trinajstić information content (AvgIpc) is 2.35. The predicted octanol–water partition coefficient (Wildman–Crippen LogP) is 2.65. The number of rotatable bonds is 4. The zero-order chi connectivity index (χ0) is 13.1. The van der Waals surface area contributed by atoms with Crippen LogP contribution in [0.25, 0.3) is 0 Å². The standard InChI is InChI=1S/C14H20N2OS.ClH/c1-10(11-8-15-9-11)14(17)16(2)12-4-6-13(18-3)7-5-12;/h4-7,10-11,15H,8-9H2,1-3H3;1H. The molecule has 3 nitrogen and oxygen atoms in total. The van der Waals surface area contributed by atoms with Crippen LogP contribution in [0.15, 0.2) is 29.2 Å². The summed E-state index contributed by atoms with van der Waals surface area (Å²) < 4.78 is 0. The van der Waals surface area contributed by atoms with Gasteiger partial charge in [-0.15, -0.1) is 24.2 Å². The molecular formula is C14H21ClN2OS. The Morgan fingerprint density at radius 2 is 1.95 bits per heavy atom. The van der Waals surface area contributed by atoms with Crippen molar-refractivity contribution >= 4 is 35.8 Å². The van der Waals surface area contributed by atoms with Crippen molar-refractivity contribution in [1.29, 1.82) is 0 Å². The SMILES string of the molecule is CSc1ccc(N(C)C(=O)C(C)C2CNC2)cc1.Cl. The summed E-state index contributed by atoms with van der Waals surface area (Å²) in [5.41, 5.74) is 0.969. The molecule has 0 radical (unpaired) electrons. The molecule has 0 bridgehead atoms. The number of benzene rings is 1. The number of hydrogen-bond donors (Lipinski definition) is 1. The molecule has 0 saturated carbocycles. The van der Waals surface area contributed by atoms with E-state index in [4.69, 9.17) is 0 Å². The van der Waals surface area contributed by atoms with E-state index in [-0.39, 0.29) is 24.2 Å². The van der Waals surface area contributed by atoms with Crippen molar-refractivity contribution in [1.82, 2.24) is 5.32 Å². The van der Waals surface area contributed by atoms with Gasteiger partial charge in [-0.1, -0.05) is 6.92 Å². The van der Waals surface area contributed by atoms with Gasteiger partial charge in [0.25, 0.3) is 0 Å². The van der Waals surface area contributed by atoms with E-state index in [0.29, 0.717) is 5.92 Å². The van der Waals surface area contributed by atoms with Crippen molar-refractivity contribution < 1.29 is 4.79 Å². The maximum absolute atomic E-state index is 12.3. The highest BCUT2D eigenvalue weighted by Gasteiger charge is 2.30. The van der Waals surface area contributed by atoms with E-state index >= 15 is 0 Å². The second-order valence-corrected chi connectivity index (χ2v) is 5.68. The zero-order valence-electron chi connectivity index (χ0n) is 11.6. The Balaban J connectivity index is 0.00000180. The number of carbonyl (C=O) groups is 1. The predicted molar refractivity (Wildman–Crippen MR) is 84.4 cm³/mol. The first-order valence-electron chi connectivity index (χ1n) is 6.26. The Labute approximate surface area is 125 Å². The van der Waals surface area contributed by atoms with Crippen LogP contribution >= 0.6 is 24.2 Å². The summed E-state index contributed by atoms with van der Waals surface area (Å²) in [4.78, 5) is 15.3. The highest BCUT2D eigenvalue weighted by molar-refractivity contribution is 7.98. The summed E-state index contributed by atoms with van der Waals surface area (Å²) in [5, 5.41) is 3.22. The molecule has 19 heavy (non-hydrogen) atoms. The number of hydrogen-bond acceptors (Lipinski definition) is 3. The summed E-state index contributed by atoms with van der Waals surface area (Å²) in [6.45, 7) is 3.96. The van der Waals surface area contributed by atoms with Crippen LogP contribution in [0.5, 0.6) is 0 Å². The molecule has 1 heterocycles. The van der Waals surface area contributed by atoms with Crippen molar-refractivity contribution in [3.8, 4) is 0 Å². The topological polar surface area (TPSA) is 32.3 Å². The third-order valence-corrected chi connectivity index (χ3v) is 4.44. The molecule has 1 aromatic rings. The Hall–Kier alpha value is -0.710.